The third kappa shape index (κ3) is 6.65. The Bertz CT molecular complexity index is 568. The van der Waals surface area contributed by atoms with Crippen LogP contribution in [-0.2, 0) is 18.3 Å². The molecule has 1 rings (SSSR count). The molecule has 0 saturated heterocycles. The Hall–Kier alpha value is -1.96. The van der Waals surface area contributed by atoms with Crippen molar-refractivity contribution < 1.29 is 27.9 Å². The fraction of sp³-hybridized carbons (Fsp3) is 0.412. The first kappa shape index (κ1) is 20.1. The summed E-state index contributed by atoms with van der Waals surface area (Å²) in [5.41, 5.74) is 0.349. The molecule has 1 aromatic rings. The zero-order chi connectivity index (χ0) is 17.9. The van der Waals surface area contributed by atoms with Crippen LogP contribution in [0.3, 0.4) is 0 Å². The van der Waals surface area contributed by atoms with Gasteiger partial charge in [0.25, 0.3) is 0 Å². The molecule has 0 aromatic heterocycles. The van der Waals surface area contributed by atoms with Crippen molar-refractivity contribution in [2.75, 3.05) is 20.8 Å². The highest BCUT2D eigenvalue weighted by Gasteiger charge is 2.19. The summed E-state index contributed by atoms with van der Waals surface area (Å²) in [7, 11) is 1.72. The van der Waals surface area contributed by atoms with Gasteiger partial charge in [-0.15, -0.1) is 0 Å². The first-order valence-electron chi connectivity index (χ1n) is 7.69. The largest absolute Gasteiger partial charge is 0.462 e. The predicted octanol–water partition coefficient (Wildman–Crippen LogP) is 2.83. The standard InChI is InChI=1S/C17H24O6Si/c1-13(2)23-17(19)15-10-6-5-9-14(15)16(18)22-11-7-8-12-24(20-3)21-4/h5-6,9-10,24H,1,7-8,11-12H2,2-4H3. The maximum Gasteiger partial charge on any atom is 0.344 e. The normalized spacial score (nSPS) is 10.5. The van der Waals surface area contributed by atoms with E-state index >= 15 is 0 Å². The van der Waals surface area contributed by atoms with Crippen molar-refractivity contribution in [2.24, 2.45) is 0 Å². The Morgan fingerprint density at radius 3 is 2.17 bits per heavy atom. The van der Waals surface area contributed by atoms with Crippen LogP contribution in [0.25, 0.3) is 0 Å². The first-order chi connectivity index (χ1) is 11.5. The van der Waals surface area contributed by atoms with Crippen molar-refractivity contribution in [3.8, 4) is 0 Å². The smallest absolute Gasteiger partial charge is 0.344 e. The Labute approximate surface area is 144 Å². The van der Waals surface area contributed by atoms with E-state index in [1.807, 2.05) is 0 Å². The lowest BCUT2D eigenvalue weighted by Crippen LogP contribution is -2.18. The van der Waals surface area contributed by atoms with Crippen LogP contribution in [0.4, 0.5) is 0 Å². The summed E-state index contributed by atoms with van der Waals surface area (Å²) in [5, 5.41) is 0. The van der Waals surface area contributed by atoms with Gasteiger partial charge in [0.05, 0.1) is 23.5 Å². The van der Waals surface area contributed by atoms with Gasteiger partial charge >= 0.3 is 21.2 Å². The molecule has 24 heavy (non-hydrogen) atoms. The van der Waals surface area contributed by atoms with Gasteiger partial charge in [-0.2, -0.15) is 0 Å². The molecule has 0 fully saturated rings. The molecule has 0 aliphatic rings. The third-order valence-corrected chi connectivity index (χ3v) is 5.16. The van der Waals surface area contributed by atoms with E-state index in [4.69, 9.17) is 18.3 Å². The Morgan fingerprint density at radius 1 is 1.04 bits per heavy atom. The van der Waals surface area contributed by atoms with Crippen LogP contribution in [0.2, 0.25) is 6.04 Å². The minimum absolute atomic E-state index is 0.164. The zero-order valence-corrected chi connectivity index (χ0v) is 15.5. The fourth-order valence-electron chi connectivity index (χ4n) is 2.04. The number of carbonyl (C=O) groups excluding carboxylic acids is 2. The molecule has 0 unspecified atom stereocenters. The molecule has 0 radical (unpaired) electrons. The number of hydrogen-bond acceptors (Lipinski definition) is 6. The molecule has 0 aliphatic heterocycles. The van der Waals surface area contributed by atoms with Crippen LogP contribution in [-0.4, -0.2) is 42.0 Å². The Balaban J connectivity index is 2.53. The lowest BCUT2D eigenvalue weighted by Gasteiger charge is -2.11. The SMILES string of the molecule is C=C(C)OC(=O)c1ccccc1C(=O)OCCCC[SiH](OC)OC. The van der Waals surface area contributed by atoms with Crippen molar-refractivity contribution in [3.05, 3.63) is 47.7 Å². The Kier molecular flexibility index (Phi) is 8.99. The molecule has 0 spiro atoms. The number of rotatable bonds is 10. The van der Waals surface area contributed by atoms with Gasteiger partial charge in [-0.3, -0.25) is 0 Å². The van der Waals surface area contributed by atoms with Crippen molar-refractivity contribution in [2.45, 2.75) is 25.8 Å². The van der Waals surface area contributed by atoms with Gasteiger partial charge < -0.3 is 18.3 Å². The van der Waals surface area contributed by atoms with E-state index in [2.05, 4.69) is 6.58 Å². The summed E-state index contributed by atoms with van der Waals surface area (Å²) in [5.74, 6) is -0.904. The molecule has 0 heterocycles. The molecule has 0 bridgehead atoms. The summed E-state index contributed by atoms with van der Waals surface area (Å²) in [6, 6.07) is 7.24. The maximum absolute atomic E-state index is 12.2. The van der Waals surface area contributed by atoms with Crippen molar-refractivity contribution >= 4 is 21.2 Å². The van der Waals surface area contributed by atoms with Crippen molar-refractivity contribution in [3.63, 3.8) is 0 Å². The number of ether oxygens (including phenoxy) is 2. The van der Waals surface area contributed by atoms with E-state index in [1.165, 1.54) is 12.1 Å². The van der Waals surface area contributed by atoms with E-state index < -0.39 is 21.2 Å². The van der Waals surface area contributed by atoms with Crippen LogP contribution in [0.1, 0.15) is 40.5 Å². The minimum atomic E-state index is -1.56. The monoisotopic (exact) mass is 352 g/mol. The van der Waals surface area contributed by atoms with Crippen LogP contribution in [0.15, 0.2) is 36.6 Å². The van der Waals surface area contributed by atoms with Gasteiger partial charge in [-0.25, -0.2) is 9.59 Å². The molecule has 0 atom stereocenters. The maximum atomic E-state index is 12.2. The molecular weight excluding hydrogens is 328 g/mol. The first-order valence-corrected chi connectivity index (χ1v) is 9.45. The van der Waals surface area contributed by atoms with Gasteiger partial charge in [0.1, 0.15) is 0 Å². The lowest BCUT2D eigenvalue weighted by atomic mass is 10.1. The summed E-state index contributed by atoms with van der Waals surface area (Å²) in [4.78, 5) is 24.2. The molecule has 6 nitrogen and oxygen atoms in total. The van der Waals surface area contributed by atoms with Gasteiger partial charge in [0.15, 0.2) is 0 Å². The summed E-state index contributed by atoms with van der Waals surface area (Å²) in [6.45, 7) is 5.36. The fourth-order valence-corrected chi connectivity index (χ4v) is 3.33. The van der Waals surface area contributed by atoms with E-state index in [-0.39, 0.29) is 23.5 Å². The van der Waals surface area contributed by atoms with Gasteiger partial charge in [0.2, 0.25) is 0 Å². The van der Waals surface area contributed by atoms with Crippen molar-refractivity contribution in [1.29, 1.82) is 0 Å². The average molecular weight is 352 g/mol. The second-order valence-electron chi connectivity index (χ2n) is 5.17. The number of unbranched alkanes of at least 4 members (excludes halogenated alkanes) is 1. The zero-order valence-electron chi connectivity index (χ0n) is 14.4. The van der Waals surface area contributed by atoms with Crippen LogP contribution in [0.5, 0.6) is 0 Å². The number of esters is 2. The van der Waals surface area contributed by atoms with Gasteiger partial charge in [-0.1, -0.05) is 18.7 Å². The lowest BCUT2D eigenvalue weighted by molar-refractivity contribution is 0.0484. The summed E-state index contributed by atoms with van der Waals surface area (Å²) >= 11 is 0. The van der Waals surface area contributed by atoms with E-state index in [9.17, 15) is 9.59 Å². The Morgan fingerprint density at radius 2 is 1.62 bits per heavy atom. The minimum Gasteiger partial charge on any atom is -0.462 e. The highest BCUT2D eigenvalue weighted by atomic mass is 28.3. The average Bonchev–Trinajstić information content (AvgIpc) is 2.57. The van der Waals surface area contributed by atoms with Crippen LogP contribution < -0.4 is 0 Å². The predicted molar refractivity (Wildman–Crippen MR) is 92.2 cm³/mol. The van der Waals surface area contributed by atoms with Crippen LogP contribution >= 0.6 is 0 Å². The molecule has 0 N–H and O–H groups in total. The molecular formula is C17H24O6Si. The van der Waals surface area contributed by atoms with E-state index in [0.29, 0.717) is 6.42 Å². The molecule has 0 amide bonds. The van der Waals surface area contributed by atoms with Crippen LogP contribution in [0, 0.1) is 0 Å². The molecule has 132 valence electrons. The number of benzene rings is 1. The highest BCUT2D eigenvalue weighted by Crippen LogP contribution is 2.14. The molecule has 7 heteroatoms. The quantitative estimate of drug-likeness (QED) is 0.279. The van der Waals surface area contributed by atoms with Crippen molar-refractivity contribution in [1.82, 2.24) is 0 Å². The van der Waals surface area contributed by atoms with E-state index in [0.717, 1.165) is 12.5 Å². The molecule has 1 aromatic carbocycles. The third-order valence-electron chi connectivity index (χ3n) is 3.23. The summed E-state index contributed by atoms with van der Waals surface area (Å²) in [6.07, 6.45) is 1.56. The second-order valence-corrected chi connectivity index (χ2v) is 7.55. The molecule has 0 saturated carbocycles. The summed E-state index contributed by atoms with van der Waals surface area (Å²) < 4.78 is 20.6. The molecule has 0 aliphatic carbocycles. The number of carbonyl (C=O) groups is 2. The topological polar surface area (TPSA) is 71.1 Å². The number of hydrogen-bond donors (Lipinski definition) is 0. The second kappa shape index (κ2) is 10.7. The highest BCUT2D eigenvalue weighted by molar-refractivity contribution is 6.44. The number of allylic oxidation sites excluding steroid dienone is 1. The van der Waals surface area contributed by atoms with Gasteiger partial charge in [-0.05, 0) is 37.9 Å². The van der Waals surface area contributed by atoms with Gasteiger partial charge in [0, 0.05) is 14.2 Å². The van der Waals surface area contributed by atoms with E-state index in [1.54, 1.807) is 33.3 Å².